The van der Waals surface area contributed by atoms with Gasteiger partial charge in [0.1, 0.15) is 12.7 Å². The minimum Gasteiger partial charge on any atom is -0.493 e. The Balaban J connectivity index is 1.97. The van der Waals surface area contributed by atoms with Crippen LogP contribution in [0.3, 0.4) is 0 Å². The van der Waals surface area contributed by atoms with Crippen LogP contribution in [0.4, 0.5) is 0 Å². The summed E-state index contributed by atoms with van der Waals surface area (Å²) in [5.74, 6) is 0.912. The monoisotopic (exact) mass is 290 g/mol. The van der Waals surface area contributed by atoms with Crippen molar-refractivity contribution < 1.29 is 19.4 Å². The van der Waals surface area contributed by atoms with Crippen molar-refractivity contribution in [3.8, 4) is 11.5 Å². The molecule has 0 aliphatic heterocycles. The third kappa shape index (κ3) is 4.06. The van der Waals surface area contributed by atoms with Crippen LogP contribution in [0.5, 0.6) is 11.5 Å². The number of Topliss-reactive ketones (excluding diaryl/α,β-unsaturated/α-hetero) is 1. The number of aromatic nitrogens is 2. The lowest BCUT2D eigenvalue weighted by atomic mass is 10.1. The molecule has 1 aromatic carbocycles. The molecule has 0 saturated carbocycles. The van der Waals surface area contributed by atoms with Gasteiger partial charge in [-0.15, -0.1) is 0 Å². The van der Waals surface area contributed by atoms with E-state index in [0.29, 0.717) is 23.6 Å². The van der Waals surface area contributed by atoms with Crippen molar-refractivity contribution in [2.75, 3.05) is 13.7 Å². The molecular weight excluding hydrogens is 272 g/mol. The maximum Gasteiger partial charge on any atom is 0.161 e. The summed E-state index contributed by atoms with van der Waals surface area (Å²) in [4.78, 5) is 11.3. The molecule has 0 spiro atoms. The van der Waals surface area contributed by atoms with E-state index in [-0.39, 0.29) is 12.4 Å². The van der Waals surface area contributed by atoms with Crippen LogP contribution in [0, 0.1) is 0 Å². The van der Waals surface area contributed by atoms with E-state index in [1.165, 1.54) is 14.0 Å². The smallest absolute Gasteiger partial charge is 0.161 e. The van der Waals surface area contributed by atoms with Crippen LogP contribution in [0.25, 0.3) is 0 Å². The van der Waals surface area contributed by atoms with Crippen LogP contribution < -0.4 is 9.47 Å². The van der Waals surface area contributed by atoms with Crippen molar-refractivity contribution in [1.29, 1.82) is 0 Å². The standard InChI is InChI=1S/C15H18N2O4/c1-11(18)12-4-5-14(15(8-12)20-2)21-10-13(19)9-17-7-3-6-16-17/h3-8,13,19H,9-10H2,1-2H3/t13-/m0/s1. The lowest BCUT2D eigenvalue weighted by Gasteiger charge is -2.15. The van der Waals surface area contributed by atoms with Crippen LogP contribution in [-0.2, 0) is 6.54 Å². The first-order valence-corrected chi connectivity index (χ1v) is 6.57. The average molecular weight is 290 g/mol. The Morgan fingerprint density at radius 3 is 2.86 bits per heavy atom. The van der Waals surface area contributed by atoms with Gasteiger partial charge in [0, 0.05) is 18.0 Å². The van der Waals surface area contributed by atoms with E-state index in [1.54, 1.807) is 41.3 Å². The lowest BCUT2D eigenvalue weighted by molar-refractivity contribution is 0.0878. The largest absolute Gasteiger partial charge is 0.493 e. The summed E-state index contributed by atoms with van der Waals surface area (Å²) in [5.41, 5.74) is 0.552. The molecule has 0 saturated heterocycles. The van der Waals surface area contributed by atoms with Crippen LogP contribution in [-0.4, -0.2) is 40.5 Å². The number of carbonyl (C=O) groups excluding carboxylic acids is 1. The highest BCUT2D eigenvalue weighted by Crippen LogP contribution is 2.28. The summed E-state index contributed by atoms with van der Waals surface area (Å²) in [6.07, 6.45) is 2.73. The van der Waals surface area contributed by atoms with Crippen molar-refractivity contribution in [1.82, 2.24) is 9.78 Å². The molecule has 0 amide bonds. The predicted octanol–water partition coefficient (Wildman–Crippen LogP) is 1.53. The van der Waals surface area contributed by atoms with Crippen molar-refractivity contribution in [2.24, 2.45) is 0 Å². The first kappa shape index (κ1) is 15.1. The highest BCUT2D eigenvalue weighted by molar-refractivity contribution is 5.94. The van der Waals surface area contributed by atoms with Crippen molar-refractivity contribution >= 4 is 5.78 Å². The molecule has 6 nitrogen and oxygen atoms in total. The van der Waals surface area contributed by atoms with Gasteiger partial charge in [-0.1, -0.05) is 0 Å². The molecule has 0 aliphatic carbocycles. The van der Waals surface area contributed by atoms with E-state index in [4.69, 9.17) is 9.47 Å². The van der Waals surface area contributed by atoms with Crippen molar-refractivity contribution in [2.45, 2.75) is 19.6 Å². The van der Waals surface area contributed by atoms with Crippen molar-refractivity contribution in [3.05, 3.63) is 42.2 Å². The molecule has 0 fully saturated rings. The molecule has 1 heterocycles. The first-order chi connectivity index (χ1) is 10.1. The van der Waals surface area contributed by atoms with Gasteiger partial charge in [0.15, 0.2) is 17.3 Å². The second-order valence-corrected chi connectivity index (χ2v) is 4.61. The second-order valence-electron chi connectivity index (χ2n) is 4.61. The number of nitrogens with zero attached hydrogens (tertiary/aromatic N) is 2. The van der Waals surface area contributed by atoms with Crippen LogP contribution in [0.2, 0.25) is 0 Å². The fraction of sp³-hybridized carbons (Fsp3) is 0.333. The normalized spacial score (nSPS) is 12.0. The summed E-state index contributed by atoms with van der Waals surface area (Å²) >= 11 is 0. The summed E-state index contributed by atoms with van der Waals surface area (Å²) in [6.45, 7) is 1.94. The molecule has 1 atom stereocenters. The summed E-state index contributed by atoms with van der Waals surface area (Å²) < 4.78 is 12.4. The van der Waals surface area contributed by atoms with E-state index in [9.17, 15) is 9.90 Å². The summed E-state index contributed by atoms with van der Waals surface area (Å²) in [7, 11) is 1.51. The molecule has 0 radical (unpaired) electrons. The number of methoxy groups -OCH3 is 1. The van der Waals surface area contributed by atoms with Gasteiger partial charge in [-0.05, 0) is 31.2 Å². The number of rotatable bonds is 7. The van der Waals surface area contributed by atoms with Gasteiger partial charge in [-0.25, -0.2) is 0 Å². The van der Waals surface area contributed by atoms with E-state index in [0.717, 1.165) is 0 Å². The number of benzene rings is 1. The number of aliphatic hydroxyl groups is 1. The Morgan fingerprint density at radius 2 is 2.24 bits per heavy atom. The van der Waals surface area contributed by atoms with Crippen LogP contribution in [0.15, 0.2) is 36.7 Å². The maximum absolute atomic E-state index is 11.3. The minimum atomic E-state index is -0.693. The third-order valence-electron chi connectivity index (χ3n) is 2.96. The molecule has 0 unspecified atom stereocenters. The molecule has 1 N–H and O–H groups in total. The molecule has 1 aromatic heterocycles. The van der Waals surface area contributed by atoms with Gasteiger partial charge >= 0.3 is 0 Å². The SMILES string of the molecule is COc1cc(C(C)=O)ccc1OC[C@@H](O)Cn1cccn1. The van der Waals surface area contributed by atoms with Crippen LogP contribution in [0.1, 0.15) is 17.3 Å². The quantitative estimate of drug-likeness (QED) is 0.783. The number of hydrogen-bond acceptors (Lipinski definition) is 5. The van der Waals surface area contributed by atoms with Gasteiger partial charge in [0.25, 0.3) is 0 Å². The molecule has 2 rings (SSSR count). The Hall–Kier alpha value is -2.34. The Bertz CT molecular complexity index is 596. The first-order valence-electron chi connectivity index (χ1n) is 6.57. The van der Waals surface area contributed by atoms with Gasteiger partial charge in [0.05, 0.1) is 13.7 Å². The number of aliphatic hydroxyl groups excluding tert-OH is 1. The fourth-order valence-corrected chi connectivity index (χ4v) is 1.87. The highest BCUT2D eigenvalue weighted by atomic mass is 16.5. The predicted molar refractivity (Wildman–Crippen MR) is 76.7 cm³/mol. The highest BCUT2D eigenvalue weighted by Gasteiger charge is 2.11. The van der Waals surface area contributed by atoms with E-state index in [1.807, 2.05) is 0 Å². The average Bonchev–Trinajstić information content (AvgIpc) is 2.97. The topological polar surface area (TPSA) is 73.6 Å². The number of carbonyl (C=O) groups is 1. The summed E-state index contributed by atoms with van der Waals surface area (Å²) in [5, 5.41) is 13.9. The summed E-state index contributed by atoms with van der Waals surface area (Å²) in [6, 6.07) is 6.74. The Kier molecular flexibility index (Phi) is 4.94. The zero-order chi connectivity index (χ0) is 15.2. The van der Waals surface area contributed by atoms with Gasteiger partial charge in [-0.2, -0.15) is 5.10 Å². The van der Waals surface area contributed by atoms with E-state index < -0.39 is 6.10 Å². The molecule has 112 valence electrons. The maximum atomic E-state index is 11.3. The van der Waals surface area contributed by atoms with E-state index >= 15 is 0 Å². The molecule has 2 aromatic rings. The Labute approximate surface area is 122 Å². The van der Waals surface area contributed by atoms with Crippen LogP contribution >= 0.6 is 0 Å². The minimum absolute atomic E-state index is 0.0430. The second kappa shape index (κ2) is 6.90. The van der Waals surface area contributed by atoms with E-state index in [2.05, 4.69) is 5.10 Å². The molecule has 0 aliphatic rings. The van der Waals surface area contributed by atoms with Gasteiger partial charge in [-0.3, -0.25) is 9.48 Å². The number of hydrogen-bond donors (Lipinski definition) is 1. The Morgan fingerprint density at radius 1 is 1.43 bits per heavy atom. The molecule has 0 bridgehead atoms. The third-order valence-corrected chi connectivity index (χ3v) is 2.96. The van der Waals surface area contributed by atoms with Crippen molar-refractivity contribution in [3.63, 3.8) is 0 Å². The lowest BCUT2D eigenvalue weighted by Crippen LogP contribution is -2.24. The molecule has 21 heavy (non-hydrogen) atoms. The number of ether oxygens (including phenoxy) is 2. The zero-order valence-corrected chi connectivity index (χ0v) is 12.0. The number of ketones is 1. The van der Waals surface area contributed by atoms with Gasteiger partial charge in [0.2, 0.25) is 0 Å². The molecular formula is C15H18N2O4. The zero-order valence-electron chi connectivity index (χ0n) is 12.0. The fourth-order valence-electron chi connectivity index (χ4n) is 1.87. The van der Waals surface area contributed by atoms with Gasteiger partial charge < -0.3 is 14.6 Å². The molecule has 6 heteroatoms.